The van der Waals surface area contributed by atoms with E-state index in [9.17, 15) is 0 Å². The molecule has 1 aromatic rings. The molecular weight excluding hydrogens is 268 g/mol. The predicted octanol–water partition coefficient (Wildman–Crippen LogP) is 5.94. The maximum atomic E-state index is 5.79. The lowest BCUT2D eigenvalue weighted by Crippen LogP contribution is -2.18. The van der Waals surface area contributed by atoms with E-state index in [0.717, 1.165) is 24.2 Å². The van der Waals surface area contributed by atoms with Gasteiger partial charge in [0.25, 0.3) is 0 Å². The molecule has 1 nitrogen and oxygen atoms in total. The van der Waals surface area contributed by atoms with Crippen LogP contribution < -0.4 is 4.74 Å². The second kappa shape index (κ2) is 6.75. The zero-order valence-corrected chi connectivity index (χ0v) is 15.7. The Morgan fingerprint density at radius 2 is 1.77 bits per heavy atom. The largest absolute Gasteiger partial charge is 0.496 e. The molecule has 0 fully saturated rings. The second-order valence-corrected chi connectivity index (χ2v) is 8.20. The highest BCUT2D eigenvalue weighted by atomic mass is 16.5. The first-order chi connectivity index (χ1) is 10.0. The van der Waals surface area contributed by atoms with E-state index in [4.69, 9.17) is 4.74 Å². The number of methoxy groups -OCH3 is 1. The predicted molar refractivity (Wildman–Crippen MR) is 97.8 cm³/mol. The summed E-state index contributed by atoms with van der Waals surface area (Å²) in [7, 11) is 1.76. The van der Waals surface area contributed by atoms with Crippen LogP contribution in [-0.2, 0) is 18.3 Å². The molecule has 122 valence electrons. The molecule has 0 aliphatic heterocycles. The summed E-state index contributed by atoms with van der Waals surface area (Å²) in [4.78, 5) is 0. The molecule has 0 aliphatic rings. The van der Waals surface area contributed by atoms with Gasteiger partial charge in [-0.2, -0.15) is 0 Å². The Labute approximate surface area is 137 Å². The molecule has 0 heterocycles. The van der Waals surface area contributed by atoms with E-state index in [2.05, 4.69) is 66.8 Å². The zero-order chi connectivity index (χ0) is 17.1. The van der Waals surface area contributed by atoms with E-state index in [0.29, 0.717) is 0 Å². The highest BCUT2D eigenvalue weighted by Gasteiger charge is 2.25. The van der Waals surface area contributed by atoms with Crippen molar-refractivity contribution in [3.8, 4) is 5.75 Å². The Hall–Kier alpha value is -1.46. The van der Waals surface area contributed by atoms with Gasteiger partial charge in [-0.05, 0) is 46.4 Å². The lowest BCUT2D eigenvalue weighted by atomic mass is 9.77. The first-order valence-electron chi connectivity index (χ1n) is 8.14. The van der Waals surface area contributed by atoms with Crippen LogP contribution in [-0.4, -0.2) is 7.11 Å². The van der Waals surface area contributed by atoms with Crippen molar-refractivity contribution in [2.75, 3.05) is 7.11 Å². The minimum Gasteiger partial charge on any atom is -0.496 e. The van der Waals surface area contributed by atoms with Gasteiger partial charge in [0, 0.05) is 5.56 Å². The van der Waals surface area contributed by atoms with Crippen molar-refractivity contribution >= 4 is 6.08 Å². The molecule has 0 bridgehead atoms. The smallest absolute Gasteiger partial charge is 0.130 e. The summed E-state index contributed by atoms with van der Waals surface area (Å²) in [6, 6.07) is 2.35. The Kier molecular flexibility index (Phi) is 5.70. The van der Waals surface area contributed by atoms with Crippen molar-refractivity contribution in [3.05, 3.63) is 40.6 Å². The molecular formula is C21H32O. The molecule has 0 aromatic heterocycles. The van der Waals surface area contributed by atoms with Crippen LogP contribution in [0.2, 0.25) is 0 Å². The number of ether oxygens (including phenoxy) is 1. The Bertz CT molecular complexity index is 573. The van der Waals surface area contributed by atoms with E-state index in [1.54, 1.807) is 7.11 Å². The van der Waals surface area contributed by atoms with Crippen LogP contribution in [0.1, 0.15) is 70.7 Å². The van der Waals surface area contributed by atoms with Crippen molar-refractivity contribution in [2.45, 2.75) is 66.7 Å². The summed E-state index contributed by atoms with van der Waals surface area (Å²) in [5, 5.41) is 0. The summed E-state index contributed by atoms with van der Waals surface area (Å²) in [5.74, 6) is 0.982. The zero-order valence-electron chi connectivity index (χ0n) is 15.7. The summed E-state index contributed by atoms with van der Waals surface area (Å²) in [6.07, 6.45) is 3.94. The van der Waals surface area contributed by atoms with Crippen molar-refractivity contribution in [2.24, 2.45) is 5.41 Å². The van der Waals surface area contributed by atoms with Crippen LogP contribution in [0.15, 0.2) is 18.4 Å². The number of hydrogen-bond donors (Lipinski definition) is 0. The fourth-order valence-electron chi connectivity index (χ4n) is 3.03. The standard InChI is InChI=1S/C21H32O/c1-10-12-17-16(11-2)18(21(6,7)8)13-15(19(17)22-9)14-20(3,4)5/h12-13H,1,11,14H2,2-9H3. The molecule has 0 saturated heterocycles. The van der Waals surface area contributed by atoms with Crippen molar-refractivity contribution < 1.29 is 4.74 Å². The fourth-order valence-corrected chi connectivity index (χ4v) is 3.03. The molecule has 0 spiro atoms. The van der Waals surface area contributed by atoms with Gasteiger partial charge in [-0.1, -0.05) is 61.1 Å². The molecule has 1 rings (SSSR count). The van der Waals surface area contributed by atoms with Crippen LogP contribution in [0, 0.1) is 5.41 Å². The molecule has 1 heteroatoms. The molecule has 0 unspecified atom stereocenters. The van der Waals surface area contributed by atoms with Crippen LogP contribution in [0.25, 0.3) is 6.08 Å². The van der Waals surface area contributed by atoms with Gasteiger partial charge >= 0.3 is 0 Å². The Morgan fingerprint density at radius 3 is 2.14 bits per heavy atom. The van der Waals surface area contributed by atoms with E-state index >= 15 is 0 Å². The highest BCUT2D eigenvalue weighted by Crippen LogP contribution is 2.39. The first kappa shape index (κ1) is 18.6. The average molecular weight is 300 g/mol. The Morgan fingerprint density at radius 1 is 1.18 bits per heavy atom. The molecule has 0 N–H and O–H groups in total. The minimum atomic E-state index is 0.105. The lowest BCUT2D eigenvalue weighted by Gasteiger charge is -2.29. The molecule has 0 radical (unpaired) electrons. The third kappa shape index (κ3) is 4.27. The van der Waals surface area contributed by atoms with Crippen LogP contribution >= 0.6 is 0 Å². The summed E-state index contributed by atoms with van der Waals surface area (Å²) >= 11 is 0. The summed E-state index contributed by atoms with van der Waals surface area (Å²) < 4.78 is 5.79. The van der Waals surface area contributed by atoms with Gasteiger partial charge in [-0.15, -0.1) is 5.73 Å². The monoisotopic (exact) mass is 300 g/mol. The molecule has 0 aliphatic carbocycles. The molecule has 1 aromatic carbocycles. The van der Waals surface area contributed by atoms with Crippen LogP contribution in [0.4, 0.5) is 0 Å². The van der Waals surface area contributed by atoms with Gasteiger partial charge in [0.15, 0.2) is 0 Å². The van der Waals surface area contributed by atoms with Gasteiger partial charge < -0.3 is 4.74 Å². The van der Waals surface area contributed by atoms with Crippen molar-refractivity contribution in [1.82, 2.24) is 0 Å². The van der Waals surface area contributed by atoms with Crippen LogP contribution in [0.5, 0.6) is 5.75 Å². The summed E-state index contributed by atoms with van der Waals surface area (Å²) in [5.41, 5.74) is 8.43. The third-order valence-electron chi connectivity index (χ3n) is 3.84. The highest BCUT2D eigenvalue weighted by molar-refractivity contribution is 5.66. The normalized spacial score (nSPS) is 12.0. The lowest BCUT2D eigenvalue weighted by molar-refractivity contribution is 0.377. The van der Waals surface area contributed by atoms with E-state index in [1.807, 2.05) is 6.08 Å². The number of benzene rings is 1. The van der Waals surface area contributed by atoms with Gasteiger partial charge in [0.2, 0.25) is 0 Å². The van der Waals surface area contributed by atoms with Crippen molar-refractivity contribution in [1.29, 1.82) is 0 Å². The third-order valence-corrected chi connectivity index (χ3v) is 3.84. The van der Waals surface area contributed by atoms with Crippen LogP contribution in [0.3, 0.4) is 0 Å². The second-order valence-electron chi connectivity index (χ2n) is 8.20. The SMILES string of the molecule is C=C=Cc1c(CC)c(C(C)(C)C)cc(CC(C)(C)C)c1OC. The fraction of sp³-hybridized carbons (Fsp3) is 0.571. The van der Waals surface area contributed by atoms with Gasteiger partial charge in [-0.3, -0.25) is 0 Å². The average Bonchev–Trinajstić information content (AvgIpc) is 2.35. The quantitative estimate of drug-likeness (QED) is 0.625. The maximum absolute atomic E-state index is 5.79. The maximum Gasteiger partial charge on any atom is 0.130 e. The molecule has 0 saturated carbocycles. The molecule has 0 amide bonds. The van der Waals surface area contributed by atoms with Gasteiger partial charge in [0.1, 0.15) is 5.75 Å². The minimum absolute atomic E-state index is 0.105. The van der Waals surface area contributed by atoms with E-state index in [1.165, 1.54) is 16.7 Å². The number of rotatable bonds is 4. The Balaban J connectivity index is 3.78. The van der Waals surface area contributed by atoms with E-state index in [-0.39, 0.29) is 10.8 Å². The van der Waals surface area contributed by atoms with E-state index < -0.39 is 0 Å². The molecule has 22 heavy (non-hydrogen) atoms. The van der Waals surface area contributed by atoms with Crippen molar-refractivity contribution in [3.63, 3.8) is 0 Å². The number of hydrogen-bond acceptors (Lipinski definition) is 1. The molecule has 0 atom stereocenters. The topological polar surface area (TPSA) is 9.23 Å². The van der Waals surface area contributed by atoms with Gasteiger partial charge in [0.05, 0.1) is 7.11 Å². The first-order valence-corrected chi connectivity index (χ1v) is 8.14. The van der Waals surface area contributed by atoms with Gasteiger partial charge in [-0.25, -0.2) is 0 Å². The summed E-state index contributed by atoms with van der Waals surface area (Å²) in [6.45, 7) is 19.6.